The van der Waals surface area contributed by atoms with Crippen LogP contribution in [-0.4, -0.2) is 51.4 Å². The fraction of sp³-hybridized carbons (Fsp3) is 0.571. The molecule has 2 aliphatic carbocycles. The minimum absolute atomic E-state index is 0.0463. The molecule has 2 aliphatic rings. The first-order chi connectivity index (χ1) is 16.6. The summed E-state index contributed by atoms with van der Waals surface area (Å²) in [5.41, 5.74) is 1.75. The van der Waals surface area contributed by atoms with E-state index >= 15 is 0 Å². The summed E-state index contributed by atoms with van der Waals surface area (Å²) in [4.78, 5) is 31.0. The highest BCUT2D eigenvalue weighted by Gasteiger charge is 2.36. The summed E-state index contributed by atoms with van der Waals surface area (Å²) in [6.45, 7) is 3.57. The molecule has 1 aromatic carbocycles. The van der Waals surface area contributed by atoms with Gasteiger partial charge in [0.1, 0.15) is 12.3 Å². The third kappa shape index (κ3) is 6.22. The standard InChI is InChI=1S/C28H39N3O3/c1-3-4-19-34-26-16-12-22(13-17-26)28(33)31(23-9-6-5-7-10-23)21-27(32)30(24-14-15-24)20-25-11-8-18-29(25)2/h8,11-13,16-18,23-24H,3-7,9-10,14-15,19-21H2,1-2H3. The zero-order chi connectivity index (χ0) is 23.9. The number of hydrogen-bond donors (Lipinski definition) is 0. The second kappa shape index (κ2) is 11.6. The van der Waals surface area contributed by atoms with Crippen LogP contribution in [0.3, 0.4) is 0 Å². The van der Waals surface area contributed by atoms with Crippen LogP contribution in [0.5, 0.6) is 5.75 Å². The van der Waals surface area contributed by atoms with E-state index in [9.17, 15) is 9.59 Å². The van der Waals surface area contributed by atoms with Crippen LogP contribution in [0.25, 0.3) is 0 Å². The fourth-order valence-electron chi connectivity index (χ4n) is 4.83. The van der Waals surface area contributed by atoms with Crippen molar-refractivity contribution in [2.45, 2.75) is 83.3 Å². The van der Waals surface area contributed by atoms with E-state index in [0.29, 0.717) is 24.8 Å². The number of carbonyl (C=O) groups is 2. The minimum atomic E-state index is -0.0463. The van der Waals surface area contributed by atoms with Gasteiger partial charge in [0.25, 0.3) is 5.91 Å². The van der Waals surface area contributed by atoms with Gasteiger partial charge in [-0.3, -0.25) is 9.59 Å². The van der Waals surface area contributed by atoms with Crippen molar-refractivity contribution in [3.63, 3.8) is 0 Å². The van der Waals surface area contributed by atoms with Crippen LogP contribution in [0, 0.1) is 0 Å². The molecule has 34 heavy (non-hydrogen) atoms. The Balaban J connectivity index is 1.48. The molecule has 184 valence electrons. The number of carbonyl (C=O) groups excluding carboxylic acids is 2. The first-order valence-electron chi connectivity index (χ1n) is 13.0. The Kier molecular flexibility index (Phi) is 8.30. The minimum Gasteiger partial charge on any atom is -0.494 e. The molecule has 2 amide bonds. The molecule has 4 rings (SSSR count). The molecule has 2 fully saturated rings. The van der Waals surface area contributed by atoms with Crippen molar-refractivity contribution in [1.29, 1.82) is 0 Å². The molecule has 6 nitrogen and oxygen atoms in total. The van der Waals surface area contributed by atoms with E-state index in [2.05, 4.69) is 17.6 Å². The SMILES string of the molecule is CCCCOc1ccc(C(=O)N(CC(=O)N(Cc2cccn2C)C2CC2)C2CCCCC2)cc1. The summed E-state index contributed by atoms with van der Waals surface area (Å²) >= 11 is 0. The summed E-state index contributed by atoms with van der Waals surface area (Å²) in [5.74, 6) is 0.796. The van der Waals surface area contributed by atoms with Gasteiger partial charge in [-0.2, -0.15) is 0 Å². The Bertz CT molecular complexity index is 942. The van der Waals surface area contributed by atoms with Crippen molar-refractivity contribution in [2.75, 3.05) is 13.2 Å². The van der Waals surface area contributed by atoms with E-state index in [1.54, 1.807) is 0 Å². The normalized spacial score (nSPS) is 16.3. The Morgan fingerprint density at radius 2 is 1.68 bits per heavy atom. The number of aromatic nitrogens is 1. The average Bonchev–Trinajstić information content (AvgIpc) is 3.62. The smallest absolute Gasteiger partial charge is 0.254 e. The van der Waals surface area contributed by atoms with Crippen molar-refractivity contribution in [2.24, 2.45) is 7.05 Å². The number of aryl methyl sites for hydroxylation is 1. The van der Waals surface area contributed by atoms with Crippen molar-refractivity contribution < 1.29 is 14.3 Å². The first-order valence-corrected chi connectivity index (χ1v) is 13.0. The molecule has 0 saturated heterocycles. The third-order valence-corrected chi connectivity index (χ3v) is 7.14. The maximum absolute atomic E-state index is 13.6. The van der Waals surface area contributed by atoms with Crippen molar-refractivity contribution in [1.82, 2.24) is 14.4 Å². The fourth-order valence-corrected chi connectivity index (χ4v) is 4.83. The number of nitrogens with zero attached hydrogens (tertiary/aromatic N) is 3. The summed E-state index contributed by atoms with van der Waals surface area (Å²) in [6, 6.07) is 11.9. The lowest BCUT2D eigenvalue weighted by Gasteiger charge is -2.35. The van der Waals surface area contributed by atoms with Gasteiger partial charge < -0.3 is 19.1 Å². The van der Waals surface area contributed by atoms with E-state index in [-0.39, 0.29) is 24.4 Å². The van der Waals surface area contributed by atoms with Gasteiger partial charge in [0.15, 0.2) is 0 Å². The van der Waals surface area contributed by atoms with E-state index in [0.717, 1.165) is 62.8 Å². The lowest BCUT2D eigenvalue weighted by atomic mass is 9.93. The first kappa shape index (κ1) is 24.4. The van der Waals surface area contributed by atoms with Crippen LogP contribution < -0.4 is 4.74 Å². The predicted molar refractivity (Wildman–Crippen MR) is 134 cm³/mol. The molecule has 0 aliphatic heterocycles. The van der Waals surface area contributed by atoms with Gasteiger partial charge in [-0.1, -0.05) is 32.6 Å². The average molecular weight is 466 g/mol. The van der Waals surface area contributed by atoms with Crippen LogP contribution in [0.1, 0.15) is 80.8 Å². The number of rotatable bonds is 11. The molecule has 1 aromatic heterocycles. The number of benzene rings is 1. The van der Waals surface area contributed by atoms with Gasteiger partial charge in [-0.15, -0.1) is 0 Å². The number of unbranched alkanes of at least 4 members (excludes halogenated alkanes) is 1. The Morgan fingerprint density at radius 1 is 0.971 bits per heavy atom. The molecular weight excluding hydrogens is 426 g/mol. The summed E-state index contributed by atoms with van der Waals surface area (Å²) in [5, 5.41) is 0. The van der Waals surface area contributed by atoms with E-state index in [4.69, 9.17) is 4.74 Å². The zero-order valence-corrected chi connectivity index (χ0v) is 20.7. The predicted octanol–water partition coefficient (Wildman–Crippen LogP) is 5.17. The van der Waals surface area contributed by atoms with Crippen LogP contribution in [0.15, 0.2) is 42.6 Å². The number of amides is 2. The Hall–Kier alpha value is -2.76. The van der Waals surface area contributed by atoms with Gasteiger partial charge in [-0.25, -0.2) is 0 Å². The topological polar surface area (TPSA) is 54.8 Å². The maximum atomic E-state index is 13.6. The van der Waals surface area contributed by atoms with Crippen molar-refractivity contribution in [3.05, 3.63) is 53.9 Å². The maximum Gasteiger partial charge on any atom is 0.254 e. The molecule has 0 N–H and O–H groups in total. The van der Waals surface area contributed by atoms with Gasteiger partial charge in [-0.05, 0) is 68.5 Å². The summed E-state index contributed by atoms with van der Waals surface area (Å²) < 4.78 is 7.83. The van der Waals surface area contributed by atoms with Gasteiger partial charge >= 0.3 is 0 Å². The molecule has 6 heteroatoms. The molecule has 0 unspecified atom stereocenters. The lowest BCUT2D eigenvalue weighted by Crippen LogP contribution is -2.48. The quantitative estimate of drug-likeness (QED) is 0.430. The molecule has 0 bridgehead atoms. The third-order valence-electron chi connectivity index (χ3n) is 7.14. The van der Waals surface area contributed by atoms with E-state index < -0.39 is 0 Å². The monoisotopic (exact) mass is 465 g/mol. The highest BCUT2D eigenvalue weighted by Crippen LogP contribution is 2.30. The molecule has 0 radical (unpaired) electrons. The van der Waals surface area contributed by atoms with Crippen molar-refractivity contribution >= 4 is 11.8 Å². The second-order valence-corrected chi connectivity index (χ2v) is 9.81. The molecule has 0 atom stereocenters. The summed E-state index contributed by atoms with van der Waals surface area (Å²) in [7, 11) is 2.01. The molecular formula is C28H39N3O3. The molecule has 2 aromatic rings. The van der Waals surface area contributed by atoms with Crippen LogP contribution in [0.2, 0.25) is 0 Å². The largest absolute Gasteiger partial charge is 0.494 e. The highest BCUT2D eigenvalue weighted by atomic mass is 16.5. The Morgan fingerprint density at radius 3 is 2.29 bits per heavy atom. The van der Waals surface area contributed by atoms with Crippen LogP contribution in [-0.2, 0) is 18.4 Å². The van der Waals surface area contributed by atoms with Crippen LogP contribution >= 0.6 is 0 Å². The molecule has 1 heterocycles. The van der Waals surface area contributed by atoms with Crippen molar-refractivity contribution in [3.8, 4) is 5.75 Å². The molecule has 0 spiro atoms. The van der Waals surface area contributed by atoms with Gasteiger partial charge in [0, 0.05) is 36.6 Å². The number of ether oxygens (including phenoxy) is 1. The Labute approximate surface area is 203 Å². The van der Waals surface area contributed by atoms with E-state index in [1.807, 2.05) is 53.4 Å². The lowest BCUT2D eigenvalue weighted by molar-refractivity contribution is -0.133. The second-order valence-electron chi connectivity index (χ2n) is 9.81. The van der Waals surface area contributed by atoms with Gasteiger partial charge in [0.05, 0.1) is 13.2 Å². The summed E-state index contributed by atoms with van der Waals surface area (Å²) in [6.07, 6.45) is 11.6. The number of hydrogen-bond acceptors (Lipinski definition) is 3. The molecule has 2 saturated carbocycles. The van der Waals surface area contributed by atoms with Crippen LogP contribution in [0.4, 0.5) is 0 Å². The van der Waals surface area contributed by atoms with Gasteiger partial charge in [0.2, 0.25) is 5.91 Å². The highest BCUT2D eigenvalue weighted by molar-refractivity contribution is 5.97. The van der Waals surface area contributed by atoms with E-state index in [1.165, 1.54) is 6.42 Å². The zero-order valence-electron chi connectivity index (χ0n) is 20.7.